The topological polar surface area (TPSA) is 70.4 Å². The van der Waals surface area contributed by atoms with Crippen LogP contribution in [0.5, 0.6) is 5.75 Å². The number of amides is 2. The molecule has 0 N–H and O–H groups in total. The average molecular weight is 395 g/mol. The van der Waals surface area contributed by atoms with Crippen LogP contribution in [0.2, 0.25) is 0 Å². The molecule has 2 rings (SSSR count). The van der Waals surface area contributed by atoms with Crippen molar-refractivity contribution in [2.75, 3.05) is 13.2 Å². The summed E-state index contributed by atoms with van der Waals surface area (Å²) in [7, 11) is 0. The lowest BCUT2D eigenvalue weighted by Crippen LogP contribution is -2.43. The van der Waals surface area contributed by atoms with Gasteiger partial charge in [0.1, 0.15) is 17.4 Å². The summed E-state index contributed by atoms with van der Waals surface area (Å²) in [5.74, 6) is -0.0529. The fraction of sp³-hybridized carbons (Fsp3) is 0.458. The van der Waals surface area contributed by atoms with Gasteiger partial charge >= 0.3 is 0 Å². The third-order valence-electron chi connectivity index (χ3n) is 4.98. The Balaban J connectivity index is 2.11. The van der Waals surface area contributed by atoms with Gasteiger partial charge in [-0.05, 0) is 49.1 Å². The molecule has 0 bridgehead atoms. The summed E-state index contributed by atoms with van der Waals surface area (Å²) in [5.41, 5.74) is 1.68. The molecule has 0 spiro atoms. The SMILES string of the molecule is CCCCCCCOc1ccc(/C=C2/C(=O)N(CCC)C(=O)C(C#N)=C2C)cc1. The highest BCUT2D eigenvalue weighted by Crippen LogP contribution is 2.27. The Morgan fingerprint density at radius 2 is 1.69 bits per heavy atom. The Morgan fingerprint density at radius 1 is 1.00 bits per heavy atom. The molecular formula is C24H30N2O3. The van der Waals surface area contributed by atoms with E-state index < -0.39 is 5.91 Å². The van der Waals surface area contributed by atoms with Crippen molar-refractivity contribution < 1.29 is 14.3 Å². The first-order chi connectivity index (χ1) is 14.0. The Labute approximate surface area is 173 Å². The number of hydrogen-bond donors (Lipinski definition) is 0. The van der Waals surface area contributed by atoms with Crippen molar-refractivity contribution in [3.63, 3.8) is 0 Å². The maximum Gasteiger partial charge on any atom is 0.271 e. The van der Waals surface area contributed by atoms with Gasteiger partial charge in [0.2, 0.25) is 0 Å². The Bertz CT molecular complexity index is 829. The largest absolute Gasteiger partial charge is 0.494 e. The molecule has 0 saturated heterocycles. The first kappa shape index (κ1) is 22.4. The molecule has 1 aliphatic heterocycles. The molecule has 1 heterocycles. The van der Waals surface area contributed by atoms with E-state index >= 15 is 0 Å². The average Bonchev–Trinajstić information content (AvgIpc) is 2.72. The number of nitrogens with zero attached hydrogens (tertiary/aromatic N) is 2. The third-order valence-corrected chi connectivity index (χ3v) is 4.98. The van der Waals surface area contributed by atoms with Crippen LogP contribution in [-0.4, -0.2) is 29.9 Å². The van der Waals surface area contributed by atoms with Crippen LogP contribution in [0, 0.1) is 11.3 Å². The van der Waals surface area contributed by atoms with E-state index in [1.54, 1.807) is 13.0 Å². The number of benzene rings is 1. The van der Waals surface area contributed by atoms with Crippen molar-refractivity contribution in [1.82, 2.24) is 4.90 Å². The van der Waals surface area contributed by atoms with Gasteiger partial charge < -0.3 is 4.74 Å². The lowest BCUT2D eigenvalue weighted by Gasteiger charge is -2.27. The first-order valence-corrected chi connectivity index (χ1v) is 10.5. The van der Waals surface area contributed by atoms with Crippen LogP contribution in [0.25, 0.3) is 6.08 Å². The lowest BCUT2D eigenvalue weighted by molar-refractivity contribution is -0.140. The fourth-order valence-electron chi connectivity index (χ4n) is 3.28. The van der Waals surface area contributed by atoms with Gasteiger partial charge in [-0.2, -0.15) is 5.26 Å². The number of carbonyl (C=O) groups excluding carboxylic acids is 2. The minimum absolute atomic E-state index is 0.0346. The monoisotopic (exact) mass is 394 g/mol. The molecule has 1 aliphatic rings. The molecule has 0 aromatic heterocycles. The van der Waals surface area contributed by atoms with Crippen molar-refractivity contribution in [1.29, 1.82) is 5.26 Å². The molecule has 0 unspecified atom stereocenters. The second-order valence-electron chi connectivity index (χ2n) is 7.26. The summed E-state index contributed by atoms with van der Waals surface area (Å²) in [5, 5.41) is 9.36. The fourth-order valence-corrected chi connectivity index (χ4v) is 3.28. The summed E-state index contributed by atoms with van der Waals surface area (Å²) in [6.45, 7) is 6.75. The molecule has 5 heteroatoms. The second kappa shape index (κ2) is 11.2. The number of ether oxygens (including phenoxy) is 1. The van der Waals surface area contributed by atoms with Crippen LogP contribution in [0.3, 0.4) is 0 Å². The standard InChI is InChI=1S/C24H30N2O3/c1-4-6-7-8-9-15-29-20-12-10-19(11-13-20)16-21-18(3)22(17-25)24(28)26(14-5-2)23(21)27/h10-13,16H,4-9,14-15H2,1-3H3/b21-16+. The van der Waals surface area contributed by atoms with Crippen LogP contribution in [0.15, 0.2) is 41.0 Å². The van der Waals surface area contributed by atoms with Gasteiger partial charge in [-0.15, -0.1) is 0 Å². The lowest BCUT2D eigenvalue weighted by atomic mass is 9.93. The predicted octanol–water partition coefficient (Wildman–Crippen LogP) is 5.04. The highest BCUT2D eigenvalue weighted by Gasteiger charge is 2.34. The van der Waals surface area contributed by atoms with Crippen LogP contribution >= 0.6 is 0 Å². The van der Waals surface area contributed by atoms with Gasteiger partial charge in [-0.3, -0.25) is 14.5 Å². The molecule has 2 amide bonds. The molecule has 0 saturated carbocycles. The van der Waals surface area contributed by atoms with Gasteiger partial charge in [0, 0.05) is 12.1 Å². The Kier molecular flexibility index (Phi) is 8.67. The Morgan fingerprint density at radius 3 is 2.31 bits per heavy atom. The Hall–Kier alpha value is -2.87. The molecule has 0 aliphatic carbocycles. The maximum atomic E-state index is 12.8. The van der Waals surface area contributed by atoms with E-state index in [1.807, 2.05) is 37.3 Å². The van der Waals surface area contributed by atoms with E-state index in [9.17, 15) is 14.9 Å². The van der Waals surface area contributed by atoms with Crippen LogP contribution in [0.1, 0.15) is 64.9 Å². The molecule has 0 atom stereocenters. The van der Waals surface area contributed by atoms with Gasteiger partial charge in [-0.25, -0.2) is 0 Å². The van der Waals surface area contributed by atoms with Crippen LogP contribution in [0.4, 0.5) is 0 Å². The van der Waals surface area contributed by atoms with E-state index in [0.29, 0.717) is 30.7 Å². The summed E-state index contributed by atoms with van der Waals surface area (Å²) < 4.78 is 5.78. The molecule has 0 radical (unpaired) electrons. The number of nitriles is 1. The predicted molar refractivity (Wildman–Crippen MR) is 114 cm³/mol. The zero-order valence-corrected chi connectivity index (χ0v) is 17.7. The number of rotatable bonds is 10. The molecule has 1 aromatic rings. The van der Waals surface area contributed by atoms with Gasteiger partial charge in [0.25, 0.3) is 11.8 Å². The van der Waals surface area contributed by atoms with E-state index in [-0.39, 0.29) is 11.5 Å². The summed E-state index contributed by atoms with van der Waals surface area (Å²) in [6.07, 6.45) is 8.35. The quantitative estimate of drug-likeness (QED) is 0.317. The third kappa shape index (κ3) is 5.80. The molecule has 154 valence electrons. The zero-order chi connectivity index (χ0) is 21.2. The van der Waals surface area contributed by atoms with E-state index in [0.717, 1.165) is 22.6 Å². The molecule has 29 heavy (non-hydrogen) atoms. The highest BCUT2D eigenvalue weighted by molar-refractivity contribution is 6.19. The summed E-state index contributed by atoms with van der Waals surface area (Å²) >= 11 is 0. The minimum atomic E-state index is -0.503. The van der Waals surface area contributed by atoms with Crippen molar-refractivity contribution in [2.45, 2.75) is 59.3 Å². The summed E-state index contributed by atoms with van der Waals surface area (Å²) in [6, 6.07) is 9.48. The number of imide groups is 1. The van der Waals surface area contributed by atoms with Gasteiger partial charge in [-0.1, -0.05) is 51.7 Å². The van der Waals surface area contributed by atoms with Gasteiger partial charge in [0.15, 0.2) is 0 Å². The molecular weight excluding hydrogens is 364 g/mol. The first-order valence-electron chi connectivity index (χ1n) is 10.5. The smallest absolute Gasteiger partial charge is 0.271 e. The van der Waals surface area contributed by atoms with Crippen molar-refractivity contribution in [3.05, 3.63) is 46.5 Å². The second-order valence-corrected chi connectivity index (χ2v) is 7.26. The van der Waals surface area contributed by atoms with E-state index in [2.05, 4.69) is 6.92 Å². The minimum Gasteiger partial charge on any atom is -0.494 e. The number of hydrogen-bond acceptors (Lipinski definition) is 4. The number of carbonyl (C=O) groups is 2. The van der Waals surface area contributed by atoms with E-state index in [4.69, 9.17) is 4.74 Å². The molecule has 5 nitrogen and oxygen atoms in total. The van der Waals surface area contributed by atoms with Crippen molar-refractivity contribution in [2.24, 2.45) is 0 Å². The van der Waals surface area contributed by atoms with Gasteiger partial charge in [0.05, 0.1) is 6.61 Å². The molecule has 0 fully saturated rings. The zero-order valence-electron chi connectivity index (χ0n) is 17.7. The number of unbranched alkanes of at least 4 members (excludes halogenated alkanes) is 4. The van der Waals surface area contributed by atoms with Crippen LogP contribution < -0.4 is 4.74 Å². The molecule has 1 aromatic carbocycles. The van der Waals surface area contributed by atoms with Crippen LogP contribution in [-0.2, 0) is 9.59 Å². The van der Waals surface area contributed by atoms with Crippen molar-refractivity contribution >= 4 is 17.9 Å². The van der Waals surface area contributed by atoms with Crippen molar-refractivity contribution in [3.8, 4) is 11.8 Å². The normalized spacial score (nSPS) is 15.8. The maximum absolute atomic E-state index is 12.8. The highest BCUT2D eigenvalue weighted by atomic mass is 16.5. The summed E-state index contributed by atoms with van der Waals surface area (Å²) in [4.78, 5) is 26.3. The van der Waals surface area contributed by atoms with E-state index in [1.165, 1.54) is 25.7 Å².